The van der Waals surface area contributed by atoms with Gasteiger partial charge >= 0.3 is 0 Å². The van der Waals surface area contributed by atoms with Gasteiger partial charge in [0, 0.05) is 6.20 Å². The molecular formula is C12H16N4OS. The number of carbonyl (C=O) groups excluding carboxylic acids is 1. The van der Waals surface area contributed by atoms with Crippen molar-refractivity contribution in [2.24, 2.45) is 17.1 Å². The Kier molecular flexibility index (Phi) is 3.56. The zero-order chi connectivity index (χ0) is 13.2. The van der Waals surface area contributed by atoms with Crippen LogP contribution in [0.15, 0.2) is 18.3 Å². The van der Waals surface area contributed by atoms with E-state index in [1.165, 1.54) is 0 Å². The van der Waals surface area contributed by atoms with Crippen LogP contribution in [0.3, 0.4) is 0 Å². The van der Waals surface area contributed by atoms with Crippen LogP contribution in [0, 0.1) is 11.3 Å². The lowest BCUT2D eigenvalue weighted by atomic mass is 9.62. The highest BCUT2D eigenvalue weighted by Gasteiger charge is 2.50. The van der Waals surface area contributed by atoms with E-state index >= 15 is 0 Å². The summed E-state index contributed by atoms with van der Waals surface area (Å²) in [7, 11) is 0. The number of hydrogen-bond donors (Lipinski definition) is 2. The Morgan fingerprint density at radius 3 is 2.89 bits per heavy atom. The van der Waals surface area contributed by atoms with E-state index in [1.807, 2.05) is 6.07 Å². The summed E-state index contributed by atoms with van der Waals surface area (Å²) >= 11 is 5.03. The average Bonchev–Trinajstić information content (AvgIpc) is 2.32. The maximum atomic E-state index is 12.2. The second kappa shape index (κ2) is 4.97. The summed E-state index contributed by atoms with van der Waals surface area (Å²) in [6.07, 6.45) is 3.05. The normalized spacial score (nSPS) is 26.2. The smallest absolute Gasteiger partial charge is 0.233 e. The maximum Gasteiger partial charge on any atom is 0.233 e. The third-order valence-corrected chi connectivity index (χ3v) is 3.75. The lowest BCUT2D eigenvalue weighted by Gasteiger charge is -2.44. The van der Waals surface area contributed by atoms with Gasteiger partial charge in [-0.1, -0.05) is 19.1 Å². The van der Waals surface area contributed by atoms with Crippen LogP contribution < -0.4 is 11.1 Å². The van der Waals surface area contributed by atoms with E-state index < -0.39 is 5.41 Å². The molecule has 5 nitrogen and oxygen atoms in total. The van der Waals surface area contributed by atoms with Crippen molar-refractivity contribution in [2.75, 3.05) is 0 Å². The van der Waals surface area contributed by atoms with Crippen LogP contribution in [0.25, 0.3) is 0 Å². The van der Waals surface area contributed by atoms with Gasteiger partial charge in [-0.15, -0.1) is 0 Å². The minimum absolute atomic E-state index is 0.0984. The molecule has 0 bridgehead atoms. The molecular weight excluding hydrogens is 248 g/mol. The molecule has 0 aromatic carbocycles. The van der Waals surface area contributed by atoms with Crippen molar-refractivity contribution in [1.82, 2.24) is 15.5 Å². The van der Waals surface area contributed by atoms with Gasteiger partial charge in [0.15, 0.2) is 0 Å². The standard InChI is InChI=1S/C12H16N4OS/c1-8-5-12(6-8,10(13)18)11(17)14-7-9-3-2-4-15-16-9/h2-4,8H,5-7H2,1H3,(H2,13,18)(H,14,17). The summed E-state index contributed by atoms with van der Waals surface area (Å²) in [5.74, 6) is 0.396. The Balaban J connectivity index is 1.97. The zero-order valence-corrected chi connectivity index (χ0v) is 11.0. The molecule has 1 aliphatic rings. The molecule has 0 unspecified atom stereocenters. The topological polar surface area (TPSA) is 80.9 Å². The first-order valence-corrected chi connectivity index (χ1v) is 6.30. The monoisotopic (exact) mass is 264 g/mol. The minimum Gasteiger partial charge on any atom is -0.392 e. The predicted molar refractivity (Wildman–Crippen MR) is 71.5 cm³/mol. The molecule has 1 saturated carbocycles. The summed E-state index contributed by atoms with van der Waals surface area (Å²) in [5.41, 5.74) is 5.77. The van der Waals surface area contributed by atoms with Crippen LogP contribution in [0.2, 0.25) is 0 Å². The molecule has 96 valence electrons. The lowest BCUT2D eigenvalue weighted by molar-refractivity contribution is -0.133. The van der Waals surface area contributed by atoms with E-state index in [2.05, 4.69) is 22.4 Å². The fourth-order valence-corrected chi connectivity index (χ4v) is 2.66. The first-order chi connectivity index (χ1) is 8.54. The molecule has 0 radical (unpaired) electrons. The third kappa shape index (κ3) is 2.33. The molecule has 1 heterocycles. The van der Waals surface area contributed by atoms with Crippen molar-refractivity contribution in [2.45, 2.75) is 26.3 Å². The van der Waals surface area contributed by atoms with Crippen LogP contribution in [-0.2, 0) is 11.3 Å². The highest BCUT2D eigenvalue weighted by atomic mass is 32.1. The highest BCUT2D eigenvalue weighted by Crippen LogP contribution is 2.45. The first-order valence-electron chi connectivity index (χ1n) is 5.89. The quantitative estimate of drug-likeness (QED) is 0.786. The van der Waals surface area contributed by atoms with Gasteiger partial charge in [0.1, 0.15) is 0 Å². The van der Waals surface area contributed by atoms with E-state index in [9.17, 15) is 4.79 Å². The Morgan fingerprint density at radius 2 is 2.39 bits per heavy atom. The molecule has 18 heavy (non-hydrogen) atoms. The summed E-state index contributed by atoms with van der Waals surface area (Å²) in [6.45, 7) is 2.44. The molecule has 6 heteroatoms. The van der Waals surface area contributed by atoms with Crippen LogP contribution >= 0.6 is 12.2 Å². The molecule has 1 aromatic rings. The summed E-state index contributed by atoms with van der Waals surface area (Å²) < 4.78 is 0. The van der Waals surface area contributed by atoms with Crippen LogP contribution in [-0.4, -0.2) is 21.1 Å². The number of nitrogens with two attached hydrogens (primary N) is 1. The fraction of sp³-hybridized carbons (Fsp3) is 0.500. The largest absolute Gasteiger partial charge is 0.392 e. The van der Waals surface area contributed by atoms with Crippen molar-refractivity contribution >= 4 is 23.1 Å². The molecule has 1 amide bonds. The average molecular weight is 264 g/mol. The Labute approximate surface area is 111 Å². The van der Waals surface area contributed by atoms with Gasteiger partial charge < -0.3 is 11.1 Å². The van der Waals surface area contributed by atoms with Gasteiger partial charge in [0.25, 0.3) is 0 Å². The molecule has 0 saturated heterocycles. The van der Waals surface area contributed by atoms with E-state index in [1.54, 1.807) is 12.3 Å². The van der Waals surface area contributed by atoms with Crippen LogP contribution in [0.4, 0.5) is 0 Å². The van der Waals surface area contributed by atoms with E-state index in [0.717, 1.165) is 18.5 Å². The van der Waals surface area contributed by atoms with Gasteiger partial charge in [-0.05, 0) is 30.9 Å². The lowest BCUT2D eigenvalue weighted by Crippen LogP contribution is -2.55. The maximum absolute atomic E-state index is 12.2. The van der Waals surface area contributed by atoms with Gasteiger partial charge in [0.05, 0.1) is 22.6 Å². The van der Waals surface area contributed by atoms with Crippen molar-refractivity contribution < 1.29 is 4.79 Å². The number of amides is 1. The Hall–Kier alpha value is -1.56. The minimum atomic E-state index is -0.656. The number of aromatic nitrogens is 2. The summed E-state index contributed by atoms with van der Waals surface area (Å²) in [4.78, 5) is 12.5. The number of nitrogens with one attached hydrogen (secondary N) is 1. The van der Waals surface area contributed by atoms with Crippen molar-refractivity contribution in [3.63, 3.8) is 0 Å². The zero-order valence-electron chi connectivity index (χ0n) is 10.2. The molecule has 2 rings (SSSR count). The van der Waals surface area contributed by atoms with Crippen LogP contribution in [0.1, 0.15) is 25.5 Å². The predicted octanol–water partition coefficient (Wildman–Crippen LogP) is 0.795. The fourth-order valence-electron chi connectivity index (χ4n) is 2.40. The van der Waals surface area contributed by atoms with Gasteiger partial charge in [-0.3, -0.25) is 4.79 Å². The van der Waals surface area contributed by atoms with E-state index in [0.29, 0.717) is 12.5 Å². The number of thiocarbonyl (C=S) groups is 1. The first kappa shape index (κ1) is 12.9. The Morgan fingerprint density at radius 1 is 1.67 bits per heavy atom. The van der Waals surface area contributed by atoms with Crippen molar-refractivity contribution in [3.05, 3.63) is 24.0 Å². The summed E-state index contributed by atoms with van der Waals surface area (Å²) in [5, 5.41) is 10.5. The van der Waals surface area contributed by atoms with E-state index in [-0.39, 0.29) is 10.9 Å². The van der Waals surface area contributed by atoms with Gasteiger partial charge in [-0.2, -0.15) is 10.2 Å². The molecule has 1 fully saturated rings. The molecule has 0 atom stereocenters. The Bertz CT molecular complexity index is 456. The van der Waals surface area contributed by atoms with E-state index in [4.69, 9.17) is 18.0 Å². The SMILES string of the molecule is CC1CC(C(=O)NCc2cccnn2)(C(N)=S)C1. The number of hydrogen-bond acceptors (Lipinski definition) is 4. The molecule has 0 aliphatic heterocycles. The van der Waals surface area contributed by atoms with Crippen molar-refractivity contribution in [3.8, 4) is 0 Å². The number of rotatable bonds is 4. The number of nitrogens with zero attached hydrogens (tertiary/aromatic N) is 2. The molecule has 3 N–H and O–H groups in total. The third-order valence-electron chi connectivity index (χ3n) is 3.36. The summed E-state index contributed by atoms with van der Waals surface area (Å²) in [6, 6.07) is 3.59. The van der Waals surface area contributed by atoms with Gasteiger partial charge in [-0.25, -0.2) is 0 Å². The molecule has 1 aliphatic carbocycles. The second-order valence-electron chi connectivity index (χ2n) is 4.86. The van der Waals surface area contributed by atoms with Crippen molar-refractivity contribution in [1.29, 1.82) is 0 Å². The molecule has 0 spiro atoms. The van der Waals surface area contributed by atoms with Crippen LogP contribution in [0.5, 0.6) is 0 Å². The molecule has 1 aromatic heterocycles. The number of carbonyl (C=O) groups is 1. The highest BCUT2D eigenvalue weighted by molar-refractivity contribution is 7.80. The second-order valence-corrected chi connectivity index (χ2v) is 5.30. The van der Waals surface area contributed by atoms with Gasteiger partial charge in [0.2, 0.25) is 5.91 Å².